The normalized spacial score (nSPS) is 20.7. The molecule has 6 heteroatoms. The van der Waals surface area contributed by atoms with Gasteiger partial charge in [-0.1, -0.05) is 19.1 Å². The van der Waals surface area contributed by atoms with E-state index < -0.39 is 6.10 Å². The fourth-order valence-electron chi connectivity index (χ4n) is 3.05. The van der Waals surface area contributed by atoms with E-state index in [1.807, 2.05) is 29.2 Å². The van der Waals surface area contributed by atoms with Crippen molar-refractivity contribution in [3.05, 3.63) is 24.3 Å². The third-order valence-corrected chi connectivity index (χ3v) is 4.39. The van der Waals surface area contributed by atoms with Crippen LogP contribution in [0.4, 0.5) is 0 Å². The molecule has 2 aliphatic rings. The minimum absolute atomic E-state index is 0. The van der Waals surface area contributed by atoms with Crippen LogP contribution in [0.5, 0.6) is 11.5 Å². The smallest absolute Gasteiger partial charge is 0.267 e. The van der Waals surface area contributed by atoms with E-state index in [0.29, 0.717) is 18.3 Å². The number of fused-ring (bicyclic) bond motifs is 1. The minimum Gasteiger partial charge on any atom is -0.485 e. The maximum atomic E-state index is 12.6. The molecule has 23 heavy (non-hydrogen) atoms. The molecule has 2 aliphatic heterocycles. The van der Waals surface area contributed by atoms with E-state index in [1.54, 1.807) is 0 Å². The fourth-order valence-corrected chi connectivity index (χ4v) is 3.05. The van der Waals surface area contributed by atoms with Crippen LogP contribution in [0.15, 0.2) is 24.3 Å². The first-order chi connectivity index (χ1) is 10.8. The molecule has 1 N–H and O–H groups in total. The van der Waals surface area contributed by atoms with Crippen molar-refractivity contribution < 1.29 is 14.3 Å². The molecular formula is C17H25ClN2O3. The molecule has 0 saturated carbocycles. The van der Waals surface area contributed by atoms with Gasteiger partial charge in [-0.25, -0.2) is 0 Å². The van der Waals surface area contributed by atoms with Crippen LogP contribution in [0.1, 0.15) is 19.8 Å². The number of carbonyl (C=O) groups excluding carboxylic acids is 1. The Kier molecular flexibility index (Phi) is 6.54. The van der Waals surface area contributed by atoms with Gasteiger partial charge >= 0.3 is 0 Å². The number of benzene rings is 1. The highest BCUT2D eigenvalue weighted by Crippen LogP contribution is 2.31. The molecule has 0 radical (unpaired) electrons. The Hall–Kier alpha value is -1.46. The predicted octanol–water partition coefficient (Wildman–Crippen LogP) is 2.10. The van der Waals surface area contributed by atoms with Crippen LogP contribution >= 0.6 is 12.4 Å². The van der Waals surface area contributed by atoms with Gasteiger partial charge in [-0.15, -0.1) is 12.4 Å². The second-order valence-electron chi connectivity index (χ2n) is 5.94. The Morgan fingerprint density at radius 1 is 1.26 bits per heavy atom. The molecule has 2 heterocycles. The average Bonchev–Trinajstić information content (AvgIpc) is 2.59. The van der Waals surface area contributed by atoms with Gasteiger partial charge in [0, 0.05) is 13.1 Å². The van der Waals surface area contributed by atoms with E-state index in [2.05, 4.69) is 12.2 Å². The van der Waals surface area contributed by atoms with Crippen molar-refractivity contribution in [1.82, 2.24) is 10.2 Å². The summed E-state index contributed by atoms with van der Waals surface area (Å²) in [4.78, 5) is 14.5. The number of nitrogens with zero attached hydrogens (tertiary/aromatic N) is 1. The van der Waals surface area contributed by atoms with Crippen LogP contribution in [-0.2, 0) is 4.79 Å². The van der Waals surface area contributed by atoms with Crippen molar-refractivity contribution in [2.45, 2.75) is 25.9 Å². The fraction of sp³-hybridized carbons (Fsp3) is 0.588. The lowest BCUT2D eigenvalue weighted by molar-refractivity contribution is -0.142. The largest absolute Gasteiger partial charge is 0.485 e. The Labute approximate surface area is 143 Å². The van der Waals surface area contributed by atoms with Crippen molar-refractivity contribution in [3.8, 4) is 11.5 Å². The van der Waals surface area contributed by atoms with Crippen LogP contribution in [0.25, 0.3) is 0 Å². The highest BCUT2D eigenvalue weighted by molar-refractivity contribution is 5.85. The highest BCUT2D eigenvalue weighted by atomic mass is 35.5. The molecule has 128 valence electrons. The summed E-state index contributed by atoms with van der Waals surface area (Å²) in [7, 11) is 0. The van der Waals surface area contributed by atoms with E-state index in [9.17, 15) is 4.79 Å². The molecule has 0 spiro atoms. The molecule has 1 aromatic rings. The average molecular weight is 341 g/mol. The van der Waals surface area contributed by atoms with E-state index in [4.69, 9.17) is 9.47 Å². The number of nitrogens with one attached hydrogen (secondary N) is 1. The summed E-state index contributed by atoms with van der Waals surface area (Å²) >= 11 is 0. The Bertz CT molecular complexity index is 518. The number of piperidine rings is 1. The number of hydrogen-bond donors (Lipinski definition) is 1. The third kappa shape index (κ3) is 4.30. The van der Waals surface area contributed by atoms with E-state index in [-0.39, 0.29) is 18.3 Å². The monoisotopic (exact) mass is 340 g/mol. The second-order valence-corrected chi connectivity index (χ2v) is 5.94. The van der Waals surface area contributed by atoms with Gasteiger partial charge in [0.05, 0.1) is 0 Å². The zero-order chi connectivity index (χ0) is 15.4. The first-order valence-corrected chi connectivity index (χ1v) is 8.16. The summed E-state index contributed by atoms with van der Waals surface area (Å²) in [5, 5.41) is 3.39. The number of hydrogen-bond acceptors (Lipinski definition) is 4. The molecule has 1 unspecified atom stereocenters. The standard InChI is InChI=1S/C17H24N2O3.ClH/c1-2-18-11-13-7-9-19(10-8-13)17(20)16-12-21-14-5-3-4-6-15(14)22-16;/h3-6,13,16,18H,2,7-12H2,1H3;1H. The van der Waals surface area contributed by atoms with Crippen molar-refractivity contribution >= 4 is 18.3 Å². The molecule has 0 bridgehead atoms. The van der Waals surface area contributed by atoms with Crippen molar-refractivity contribution in [1.29, 1.82) is 0 Å². The lowest BCUT2D eigenvalue weighted by Crippen LogP contribution is -2.49. The Morgan fingerprint density at radius 2 is 1.96 bits per heavy atom. The molecule has 1 aromatic carbocycles. The second kappa shape index (κ2) is 8.41. The quantitative estimate of drug-likeness (QED) is 0.912. The van der Waals surface area contributed by atoms with Crippen LogP contribution < -0.4 is 14.8 Å². The minimum atomic E-state index is -0.514. The Balaban J connectivity index is 0.00000192. The van der Waals surface area contributed by atoms with Gasteiger partial charge in [0.1, 0.15) is 6.61 Å². The van der Waals surface area contributed by atoms with Gasteiger partial charge < -0.3 is 19.7 Å². The zero-order valence-corrected chi connectivity index (χ0v) is 14.3. The summed E-state index contributed by atoms with van der Waals surface area (Å²) in [6.07, 6.45) is 1.60. The van der Waals surface area contributed by atoms with Gasteiger partial charge in [-0.05, 0) is 44.0 Å². The molecule has 1 fully saturated rings. The number of ether oxygens (including phenoxy) is 2. The molecular weight excluding hydrogens is 316 g/mol. The van der Waals surface area contributed by atoms with Crippen LogP contribution in [-0.4, -0.2) is 49.7 Å². The van der Waals surface area contributed by atoms with E-state index >= 15 is 0 Å². The van der Waals surface area contributed by atoms with Crippen molar-refractivity contribution in [2.24, 2.45) is 5.92 Å². The topological polar surface area (TPSA) is 50.8 Å². The lowest BCUT2D eigenvalue weighted by atomic mass is 9.96. The number of amides is 1. The molecule has 0 aliphatic carbocycles. The van der Waals surface area contributed by atoms with Crippen LogP contribution in [0.2, 0.25) is 0 Å². The van der Waals surface area contributed by atoms with Gasteiger partial charge in [0.25, 0.3) is 5.91 Å². The molecule has 5 nitrogen and oxygen atoms in total. The third-order valence-electron chi connectivity index (χ3n) is 4.39. The first kappa shape index (κ1) is 17.9. The van der Waals surface area contributed by atoms with Gasteiger partial charge in [-0.2, -0.15) is 0 Å². The highest BCUT2D eigenvalue weighted by Gasteiger charge is 2.32. The van der Waals surface area contributed by atoms with Crippen molar-refractivity contribution in [3.63, 3.8) is 0 Å². The van der Waals surface area contributed by atoms with Crippen LogP contribution in [0.3, 0.4) is 0 Å². The molecule has 3 rings (SSSR count). The molecule has 0 aromatic heterocycles. The maximum absolute atomic E-state index is 12.6. The predicted molar refractivity (Wildman–Crippen MR) is 91.4 cm³/mol. The zero-order valence-electron chi connectivity index (χ0n) is 13.5. The van der Waals surface area contributed by atoms with Crippen molar-refractivity contribution in [2.75, 3.05) is 32.8 Å². The SMILES string of the molecule is CCNCC1CCN(C(=O)C2COc3ccccc3O2)CC1.Cl. The molecule has 1 saturated heterocycles. The number of rotatable bonds is 4. The summed E-state index contributed by atoms with van der Waals surface area (Å²) in [6, 6.07) is 7.50. The number of para-hydroxylation sites is 2. The summed E-state index contributed by atoms with van der Waals surface area (Å²) < 4.78 is 11.4. The maximum Gasteiger partial charge on any atom is 0.267 e. The lowest BCUT2D eigenvalue weighted by Gasteiger charge is -2.35. The first-order valence-electron chi connectivity index (χ1n) is 8.16. The molecule has 1 atom stereocenters. The van der Waals surface area contributed by atoms with E-state index in [0.717, 1.165) is 44.8 Å². The van der Waals surface area contributed by atoms with Gasteiger partial charge in [0.15, 0.2) is 11.5 Å². The summed E-state index contributed by atoms with van der Waals surface area (Å²) in [6.45, 7) is 6.11. The van der Waals surface area contributed by atoms with Gasteiger partial charge in [0.2, 0.25) is 6.10 Å². The number of likely N-dealkylation sites (tertiary alicyclic amines) is 1. The van der Waals surface area contributed by atoms with E-state index in [1.165, 1.54) is 0 Å². The number of halogens is 1. The van der Waals surface area contributed by atoms with Crippen LogP contribution in [0, 0.1) is 5.92 Å². The summed E-state index contributed by atoms with van der Waals surface area (Å²) in [5.74, 6) is 2.11. The van der Waals surface area contributed by atoms with Gasteiger partial charge in [-0.3, -0.25) is 4.79 Å². The molecule has 1 amide bonds. The Morgan fingerprint density at radius 3 is 2.65 bits per heavy atom. The summed E-state index contributed by atoms with van der Waals surface area (Å²) in [5.41, 5.74) is 0. The number of carbonyl (C=O) groups is 1.